The average Bonchev–Trinajstić information content (AvgIpc) is 3.10. The molecule has 0 fully saturated rings. The van der Waals surface area contributed by atoms with Gasteiger partial charge in [0.1, 0.15) is 11.5 Å². The third kappa shape index (κ3) is 5.23. The summed E-state index contributed by atoms with van der Waals surface area (Å²) in [6.45, 7) is 1.95. The molecule has 0 unspecified atom stereocenters. The summed E-state index contributed by atoms with van der Waals surface area (Å²) in [5.74, 6) is 1.49. The normalized spacial score (nSPS) is 10.7. The zero-order valence-corrected chi connectivity index (χ0v) is 15.8. The fourth-order valence-corrected chi connectivity index (χ4v) is 3.02. The van der Waals surface area contributed by atoms with E-state index in [-0.39, 0.29) is 5.69 Å². The Morgan fingerprint density at radius 1 is 1.00 bits per heavy atom. The molecule has 0 aliphatic heterocycles. The van der Waals surface area contributed by atoms with Crippen LogP contribution in [0.2, 0.25) is 10.0 Å². The Hall–Kier alpha value is -2.54. The van der Waals surface area contributed by atoms with Crippen LogP contribution in [0.25, 0.3) is 11.3 Å². The van der Waals surface area contributed by atoms with Crippen LogP contribution in [0.1, 0.15) is 5.76 Å². The summed E-state index contributed by atoms with van der Waals surface area (Å²) in [6.07, 6.45) is 0. The van der Waals surface area contributed by atoms with Crippen molar-refractivity contribution in [1.82, 2.24) is 5.32 Å². The van der Waals surface area contributed by atoms with Crippen LogP contribution >= 0.6 is 23.2 Å². The maximum atomic E-state index is 10.6. The molecule has 0 saturated heterocycles. The van der Waals surface area contributed by atoms with E-state index in [0.717, 1.165) is 17.0 Å². The highest BCUT2D eigenvalue weighted by molar-refractivity contribution is 6.36. The van der Waals surface area contributed by atoms with Crippen molar-refractivity contribution in [3.8, 4) is 11.3 Å². The first-order valence-electron chi connectivity index (χ1n) is 8.26. The molecule has 0 radical (unpaired) electrons. The molecule has 0 saturated carbocycles. The number of halogens is 2. The molecule has 27 heavy (non-hydrogen) atoms. The number of anilines is 1. The summed E-state index contributed by atoms with van der Waals surface area (Å²) in [5, 5.41) is 18.2. The lowest BCUT2D eigenvalue weighted by molar-refractivity contribution is -0.384. The van der Waals surface area contributed by atoms with E-state index in [1.165, 1.54) is 12.1 Å². The summed E-state index contributed by atoms with van der Waals surface area (Å²) in [6, 6.07) is 15.4. The molecule has 140 valence electrons. The molecule has 0 atom stereocenters. The van der Waals surface area contributed by atoms with Gasteiger partial charge in [-0.05, 0) is 42.5 Å². The first-order chi connectivity index (χ1) is 13.0. The third-order valence-electron chi connectivity index (χ3n) is 3.87. The number of furan rings is 1. The highest BCUT2D eigenvalue weighted by Crippen LogP contribution is 2.31. The van der Waals surface area contributed by atoms with Crippen LogP contribution in [0.15, 0.2) is 59.0 Å². The zero-order chi connectivity index (χ0) is 19.2. The molecule has 0 amide bonds. The van der Waals surface area contributed by atoms with E-state index >= 15 is 0 Å². The van der Waals surface area contributed by atoms with Crippen LogP contribution in [-0.4, -0.2) is 18.0 Å². The topological polar surface area (TPSA) is 80.3 Å². The molecule has 0 aliphatic carbocycles. The van der Waals surface area contributed by atoms with Crippen molar-refractivity contribution in [3.05, 3.63) is 80.5 Å². The molecule has 3 aromatic rings. The van der Waals surface area contributed by atoms with E-state index in [9.17, 15) is 10.1 Å². The minimum Gasteiger partial charge on any atom is -0.460 e. The van der Waals surface area contributed by atoms with Crippen molar-refractivity contribution < 1.29 is 9.34 Å². The SMILES string of the molecule is O=[N+]([O-])c1ccc(NCCNCc2ccc(-c3ccc(Cl)cc3Cl)o2)cc1. The second kappa shape index (κ2) is 8.90. The molecule has 2 N–H and O–H groups in total. The maximum absolute atomic E-state index is 10.6. The van der Waals surface area contributed by atoms with Crippen LogP contribution in [0.4, 0.5) is 11.4 Å². The number of benzene rings is 2. The minimum atomic E-state index is -0.416. The molecule has 6 nitrogen and oxygen atoms in total. The fourth-order valence-electron chi connectivity index (χ4n) is 2.51. The van der Waals surface area contributed by atoms with Crippen molar-refractivity contribution in [1.29, 1.82) is 0 Å². The number of nitro benzene ring substituents is 1. The highest BCUT2D eigenvalue weighted by Gasteiger charge is 2.09. The summed E-state index contributed by atoms with van der Waals surface area (Å²) in [5.41, 5.74) is 1.71. The average molecular weight is 406 g/mol. The predicted octanol–water partition coefficient (Wildman–Crippen LogP) is 5.36. The number of hydrogen-bond donors (Lipinski definition) is 2. The maximum Gasteiger partial charge on any atom is 0.269 e. The lowest BCUT2D eigenvalue weighted by Crippen LogP contribution is -2.21. The number of hydrogen-bond acceptors (Lipinski definition) is 5. The Labute approximate surface area is 166 Å². The molecule has 2 aromatic carbocycles. The van der Waals surface area contributed by atoms with Crippen LogP contribution in [0.3, 0.4) is 0 Å². The third-order valence-corrected chi connectivity index (χ3v) is 4.41. The van der Waals surface area contributed by atoms with Crippen LogP contribution in [0.5, 0.6) is 0 Å². The van der Waals surface area contributed by atoms with Gasteiger partial charge in [0.2, 0.25) is 0 Å². The van der Waals surface area contributed by atoms with Crippen molar-refractivity contribution in [2.24, 2.45) is 0 Å². The molecule has 8 heteroatoms. The van der Waals surface area contributed by atoms with Gasteiger partial charge in [-0.1, -0.05) is 23.2 Å². The first kappa shape index (κ1) is 19.2. The Balaban J connectivity index is 1.44. The number of nitrogens with one attached hydrogen (secondary N) is 2. The van der Waals surface area contributed by atoms with E-state index in [0.29, 0.717) is 35.4 Å². The number of rotatable bonds is 8. The number of non-ortho nitro benzene ring substituents is 1. The fraction of sp³-hybridized carbons (Fsp3) is 0.158. The largest absolute Gasteiger partial charge is 0.460 e. The molecule has 1 heterocycles. The zero-order valence-electron chi connectivity index (χ0n) is 14.2. The second-order valence-electron chi connectivity index (χ2n) is 5.80. The van der Waals surface area contributed by atoms with Crippen molar-refractivity contribution in [2.75, 3.05) is 18.4 Å². The van der Waals surface area contributed by atoms with Gasteiger partial charge in [-0.2, -0.15) is 0 Å². The van der Waals surface area contributed by atoms with Crippen molar-refractivity contribution in [2.45, 2.75) is 6.54 Å². The monoisotopic (exact) mass is 405 g/mol. The van der Waals surface area contributed by atoms with Crippen molar-refractivity contribution in [3.63, 3.8) is 0 Å². The van der Waals surface area contributed by atoms with Gasteiger partial charge in [-0.3, -0.25) is 10.1 Å². The Bertz CT molecular complexity index is 926. The molecule has 3 rings (SSSR count). The standard InChI is InChI=1S/C19H17Cl2N3O3/c20-13-1-7-17(18(21)11-13)19-8-6-16(27-19)12-22-9-10-23-14-2-4-15(5-3-14)24(25)26/h1-8,11,22-23H,9-10,12H2. The molecule has 0 aliphatic rings. The van der Waals surface area contributed by atoms with Gasteiger partial charge in [-0.15, -0.1) is 0 Å². The van der Waals surface area contributed by atoms with E-state index in [4.69, 9.17) is 27.6 Å². The predicted molar refractivity (Wildman–Crippen MR) is 107 cm³/mol. The van der Waals surface area contributed by atoms with Crippen LogP contribution < -0.4 is 10.6 Å². The van der Waals surface area contributed by atoms with Gasteiger partial charge in [0.25, 0.3) is 5.69 Å². The van der Waals surface area contributed by atoms with E-state index in [2.05, 4.69) is 10.6 Å². The second-order valence-corrected chi connectivity index (χ2v) is 6.64. The summed E-state index contributed by atoms with van der Waals surface area (Å²) >= 11 is 12.1. The van der Waals surface area contributed by atoms with Crippen LogP contribution in [0, 0.1) is 10.1 Å². The van der Waals surface area contributed by atoms with Gasteiger partial charge in [0.05, 0.1) is 16.5 Å². The van der Waals surface area contributed by atoms with Gasteiger partial charge in [0.15, 0.2) is 0 Å². The number of nitrogens with zero attached hydrogens (tertiary/aromatic N) is 1. The molecule has 0 bridgehead atoms. The summed E-state index contributed by atoms with van der Waals surface area (Å²) in [7, 11) is 0. The molecule has 1 aromatic heterocycles. The molecular formula is C19H17Cl2N3O3. The smallest absolute Gasteiger partial charge is 0.269 e. The van der Waals surface area contributed by atoms with E-state index < -0.39 is 4.92 Å². The first-order valence-corrected chi connectivity index (χ1v) is 9.02. The molecule has 0 spiro atoms. The van der Waals surface area contributed by atoms with E-state index in [1.54, 1.807) is 24.3 Å². The quantitative estimate of drug-likeness (QED) is 0.299. The molecular weight excluding hydrogens is 389 g/mol. The van der Waals surface area contributed by atoms with Gasteiger partial charge in [-0.25, -0.2) is 0 Å². The lowest BCUT2D eigenvalue weighted by Gasteiger charge is -2.07. The van der Waals surface area contributed by atoms with Crippen molar-refractivity contribution >= 4 is 34.6 Å². The Kier molecular flexibility index (Phi) is 6.34. The summed E-state index contributed by atoms with van der Waals surface area (Å²) < 4.78 is 5.82. The van der Waals surface area contributed by atoms with Gasteiger partial charge < -0.3 is 15.1 Å². The lowest BCUT2D eigenvalue weighted by atomic mass is 10.2. The Morgan fingerprint density at radius 3 is 2.48 bits per heavy atom. The van der Waals surface area contributed by atoms with Gasteiger partial charge >= 0.3 is 0 Å². The van der Waals surface area contributed by atoms with E-state index in [1.807, 2.05) is 18.2 Å². The van der Waals surface area contributed by atoms with Crippen LogP contribution in [-0.2, 0) is 6.54 Å². The summed E-state index contributed by atoms with van der Waals surface area (Å²) in [4.78, 5) is 10.2. The minimum absolute atomic E-state index is 0.0769. The highest BCUT2D eigenvalue weighted by atomic mass is 35.5. The van der Waals surface area contributed by atoms with Gasteiger partial charge in [0, 0.05) is 41.5 Å². The number of nitro groups is 1. The Morgan fingerprint density at radius 2 is 1.78 bits per heavy atom.